The average molecular weight is 268 g/mol. The fraction of sp³-hybridized carbons (Fsp3) is 0.300. The van der Waals surface area contributed by atoms with E-state index in [0.29, 0.717) is 11.4 Å². The number of Topliss-reactive ketones (excluding diaryl/α,β-unsaturated/α-hetero) is 1. The van der Waals surface area contributed by atoms with Gasteiger partial charge in [0.1, 0.15) is 0 Å². The molecule has 0 saturated heterocycles. The lowest BCUT2D eigenvalue weighted by Gasteiger charge is -2.29. The molecule has 0 spiro atoms. The van der Waals surface area contributed by atoms with Crippen molar-refractivity contribution in [2.75, 3.05) is 6.54 Å². The first-order chi connectivity index (χ1) is 7.20. The predicted molar refractivity (Wildman–Crippen MR) is 59.7 cm³/mol. The maximum absolute atomic E-state index is 11.9. The highest BCUT2D eigenvalue weighted by Gasteiger charge is 2.35. The molecule has 0 radical (unpaired) electrons. The number of carbonyl (C=O) groups excluding carboxylic acids is 1. The number of aromatic nitrogens is 1. The van der Waals surface area contributed by atoms with E-state index in [1.807, 2.05) is 6.20 Å². The van der Waals surface area contributed by atoms with Crippen molar-refractivity contribution in [2.45, 2.75) is 12.5 Å². The van der Waals surface area contributed by atoms with Gasteiger partial charge >= 0.3 is 0 Å². The van der Waals surface area contributed by atoms with Gasteiger partial charge in [0, 0.05) is 22.8 Å². The first-order valence-corrected chi connectivity index (χ1v) is 5.63. The Bertz CT molecular complexity index is 489. The fourth-order valence-electron chi connectivity index (χ4n) is 2.27. The molecule has 4 N–H and O–H groups in total. The first-order valence-electron chi connectivity index (χ1n) is 4.83. The Kier molecular flexibility index (Phi) is 1.81. The highest BCUT2D eigenvalue weighted by atomic mass is 79.9. The van der Waals surface area contributed by atoms with Gasteiger partial charge in [0.05, 0.1) is 17.4 Å². The Balaban J connectivity index is 2.28. The van der Waals surface area contributed by atoms with Crippen LogP contribution in [0.3, 0.4) is 0 Å². The summed E-state index contributed by atoms with van der Waals surface area (Å²) in [6.07, 6.45) is 2.87. The molecule has 1 aromatic heterocycles. The molecule has 15 heavy (non-hydrogen) atoms. The number of aromatic amines is 1. The largest absolute Gasteiger partial charge is 0.395 e. The minimum atomic E-state index is -0.108. The van der Waals surface area contributed by atoms with Crippen LogP contribution >= 0.6 is 15.9 Å². The van der Waals surface area contributed by atoms with E-state index in [9.17, 15) is 4.79 Å². The van der Waals surface area contributed by atoms with Crippen LogP contribution in [0.15, 0.2) is 16.4 Å². The van der Waals surface area contributed by atoms with E-state index in [4.69, 9.17) is 5.73 Å². The number of halogens is 1. The van der Waals surface area contributed by atoms with Gasteiger partial charge in [-0.05, 0) is 12.0 Å². The second kappa shape index (κ2) is 2.96. The summed E-state index contributed by atoms with van der Waals surface area (Å²) in [5, 5.41) is 3.35. The van der Waals surface area contributed by atoms with Crippen LogP contribution in [0.25, 0.3) is 0 Å². The molecule has 1 aliphatic carbocycles. The molecule has 2 aliphatic rings. The van der Waals surface area contributed by atoms with Crippen molar-refractivity contribution in [3.05, 3.63) is 33.2 Å². The average Bonchev–Trinajstić information content (AvgIpc) is 2.68. The zero-order valence-corrected chi connectivity index (χ0v) is 9.52. The molecule has 4 nitrogen and oxygen atoms in total. The van der Waals surface area contributed by atoms with E-state index in [-0.39, 0.29) is 11.8 Å². The molecule has 2 heterocycles. The third kappa shape index (κ3) is 1.07. The first kappa shape index (κ1) is 9.18. The molecule has 5 heteroatoms. The lowest BCUT2D eigenvalue weighted by molar-refractivity contribution is 0.102. The van der Waals surface area contributed by atoms with Crippen LogP contribution in [0.1, 0.15) is 27.7 Å². The highest BCUT2D eigenvalue weighted by Crippen LogP contribution is 2.39. The molecule has 78 valence electrons. The highest BCUT2D eigenvalue weighted by molar-refractivity contribution is 9.11. The van der Waals surface area contributed by atoms with Gasteiger partial charge in [0.2, 0.25) is 5.78 Å². The van der Waals surface area contributed by atoms with Crippen LogP contribution in [-0.2, 0) is 6.42 Å². The molecule has 1 aliphatic heterocycles. The van der Waals surface area contributed by atoms with Gasteiger partial charge in [-0.2, -0.15) is 0 Å². The van der Waals surface area contributed by atoms with E-state index in [1.54, 1.807) is 0 Å². The summed E-state index contributed by atoms with van der Waals surface area (Å²) in [4.78, 5) is 14.9. The lowest BCUT2D eigenvalue weighted by atomic mass is 9.89. The number of nitrogens with two attached hydrogens (primary N) is 1. The molecule has 0 amide bonds. The molecule has 0 fully saturated rings. The molecular weight excluding hydrogens is 258 g/mol. The standard InChI is InChI=1S/C10H10BrN3O/c11-6-7(12)10(15)9-5-4(3-14-9)1-2-13-8(5)6/h3,8,13-14H,1-2,12H2. The number of rotatable bonds is 0. The number of hydrogen-bond acceptors (Lipinski definition) is 3. The van der Waals surface area contributed by atoms with Crippen molar-refractivity contribution in [3.63, 3.8) is 0 Å². The minimum Gasteiger partial charge on any atom is -0.395 e. The number of allylic oxidation sites excluding steroid dienone is 1. The molecule has 0 aromatic carbocycles. The van der Waals surface area contributed by atoms with Crippen LogP contribution in [0.4, 0.5) is 0 Å². The van der Waals surface area contributed by atoms with Crippen molar-refractivity contribution in [1.82, 2.24) is 10.3 Å². The molecule has 3 rings (SSSR count). The lowest BCUT2D eigenvalue weighted by Crippen LogP contribution is -2.35. The Morgan fingerprint density at radius 1 is 1.53 bits per heavy atom. The van der Waals surface area contributed by atoms with Crippen molar-refractivity contribution in [2.24, 2.45) is 5.73 Å². The molecular formula is C10H10BrN3O. The molecule has 1 aromatic rings. The van der Waals surface area contributed by atoms with Crippen LogP contribution in [-0.4, -0.2) is 17.3 Å². The van der Waals surface area contributed by atoms with Gasteiger partial charge in [-0.1, -0.05) is 15.9 Å². The monoisotopic (exact) mass is 267 g/mol. The van der Waals surface area contributed by atoms with E-state index >= 15 is 0 Å². The smallest absolute Gasteiger partial charge is 0.226 e. The number of nitrogens with one attached hydrogen (secondary N) is 2. The van der Waals surface area contributed by atoms with E-state index < -0.39 is 0 Å². The summed E-state index contributed by atoms with van der Waals surface area (Å²) in [5.41, 5.74) is 8.98. The SMILES string of the molecule is NC1=C(Br)C2NCCc3c[nH]c(c32)C1=O. The van der Waals surface area contributed by atoms with Gasteiger partial charge in [-0.3, -0.25) is 4.79 Å². The molecule has 0 saturated carbocycles. The number of carbonyl (C=O) groups is 1. The third-order valence-electron chi connectivity index (χ3n) is 3.02. The molecule has 1 unspecified atom stereocenters. The Labute approximate surface area is 95.0 Å². The quantitative estimate of drug-likeness (QED) is 0.656. The maximum Gasteiger partial charge on any atom is 0.226 e. The summed E-state index contributed by atoms with van der Waals surface area (Å²) >= 11 is 3.40. The fourth-order valence-corrected chi connectivity index (χ4v) is 2.84. The van der Waals surface area contributed by atoms with Crippen LogP contribution in [0.2, 0.25) is 0 Å². The van der Waals surface area contributed by atoms with Crippen molar-refractivity contribution >= 4 is 21.7 Å². The Morgan fingerprint density at radius 3 is 3.13 bits per heavy atom. The second-order valence-corrected chi connectivity index (χ2v) is 4.68. The Morgan fingerprint density at radius 2 is 2.33 bits per heavy atom. The number of ketones is 1. The van der Waals surface area contributed by atoms with Gasteiger partial charge in [-0.25, -0.2) is 0 Å². The summed E-state index contributed by atoms with van der Waals surface area (Å²) in [5.74, 6) is -0.108. The van der Waals surface area contributed by atoms with Crippen molar-refractivity contribution in [1.29, 1.82) is 0 Å². The van der Waals surface area contributed by atoms with Crippen molar-refractivity contribution < 1.29 is 4.79 Å². The van der Waals surface area contributed by atoms with E-state index in [1.165, 1.54) is 5.56 Å². The minimum absolute atomic E-state index is 0.0488. The van der Waals surface area contributed by atoms with E-state index in [2.05, 4.69) is 26.2 Å². The Hall–Kier alpha value is -1.07. The normalized spacial score (nSPS) is 24.3. The van der Waals surface area contributed by atoms with Crippen LogP contribution in [0, 0.1) is 0 Å². The topological polar surface area (TPSA) is 70.9 Å². The van der Waals surface area contributed by atoms with E-state index in [0.717, 1.165) is 23.0 Å². The molecule has 0 bridgehead atoms. The third-order valence-corrected chi connectivity index (χ3v) is 3.90. The van der Waals surface area contributed by atoms with Gasteiger partial charge in [0.15, 0.2) is 0 Å². The zero-order chi connectivity index (χ0) is 10.6. The van der Waals surface area contributed by atoms with Crippen LogP contribution in [0.5, 0.6) is 0 Å². The van der Waals surface area contributed by atoms with Gasteiger partial charge in [0.25, 0.3) is 0 Å². The summed E-state index contributed by atoms with van der Waals surface area (Å²) < 4.78 is 0.764. The van der Waals surface area contributed by atoms with Gasteiger partial charge in [-0.15, -0.1) is 0 Å². The number of H-pyrrole nitrogens is 1. The predicted octanol–water partition coefficient (Wildman–Crippen LogP) is 0.963. The van der Waals surface area contributed by atoms with Gasteiger partial charge < -0.3 is 16.0 Å². The number of hydrogen-bond donors (Lipinski definition) is 3. The zero-order valence-electron chi connectivity index (χ0n) is 7.93. The maximum atomic E-state index is 11.9. The van der Waals surface area contributed by atoms with Crippen LogP contribution < -0.4 is 11.1 Å². The van der Waals surface area contributed by atoms with Crippen molar-refractivity contribution in [3.8, 4) is 0 Å². The second-order valence-electron chi connectivity index (χ2n) is 3.83. The summed E-state index contributed by atoms with van der Waals surface area (Å²) in [7, 11) is 0. The summed E-state index contributed by atoms with van der Waals surface area (Å²) in [6.45, 7) is 0.908. The summed E-state index contributed by atoms with van der Waals surface area (Å²) in [6, 6.07) is 0.0488. The molecule has 1 atom stereocenters.